The van der Waals surface area contributed by atoms with E-state index in [-0.39, 0.29) is 4.90 Å². The molecule has 0 spiro atoms. The molecule has 3 rings (SSSR count). The van der Waals surface area contributed by atoms with Gasteiger partial charge in [-0.1, -0.05) is 18.6 Å². The number of sulfonamides is 1. The van der Waals surface area contributed by atoms with Crippen molar-refractivity contribution in [3.8, 4) is 0 Å². The average molecular weight is 408 g/mol. The Morgan fingerprint density at radius 2 is 1.82 bits per heavy atom. The molecule has 1 aromatic carbocycles. The molecule has 2 aliphatic heterocycles. The van der Waals surface area contributed by atoms with Crippen LogP contribution in [-0.4, -0.2) is 50.8 Å². The Balaban J connectivity index is 2.11. The molecule has 2 N–H and O–H groups in total. The van der Waals surface area contributed by atoms with Crippen LogP contribution < -0.4 is 10.6 Å². The van der Waals surface area contributed by atoms with Crippen molar-refractivity contribution in [1.82, 2.24) is 4.90 Å². The molecule has 2 saturated heterocycles. The number of hydrogen-bond acceptors (Lipinski definition) is 5. The molecular formula is C20H33BN2O4S. The number of benzene rings is 1. The molecule has 0 saturated carbocycles. The molecule has 1 atom stereocenters. The third-order valence-corrected chi connectivity index (χ3v) is 7.67. The number of aryl methyl sites for hydroxylation is 1. The predicted octanol–water partition coefficient (Wildman–Crippen LogP) is 1.97. The SMILES string of the molecule is CCN1CCC[C@@H]1Cc1c(S(N)(=O)=O)ccc(C)c1B1OC(C)(C)C(C)(C)O1. The van der Waals surface area contributed by atoms with Crippen molar-refractivity contribution in [2.45, 2.75) is 82.9 Å². The van der Waals surface area contributed by atoms with E-state index in [0.717, 1.165) is 42.5 Å². The quantitative estimate of drug-likeness (QED) is 0.754. The molecule has 0 aromatic heterocycles. The molecule has 28 heavy (non-hydrogen) atoms. The zero-order valence-electron chi connectivity index (χ0n) is 17.9. The number of primary sulfonamides is 1. The first-order valence-corrected chi connectivity index (χ1v) is 11.7. The second kappa shape index (κ2) is 7.40. The number of nitrogens with zero attached hydrogens (tertiary/aromatic N) is 1. The molecule has 6 nitrogen and oxygen atoms in total. The Labute approximate surface area is 170 Å². The Kier molecular flexibility index (Phi) is 5.75. The zero-order chi connectivity index (χ0) is 20.9. The van der Waals surface area contributed by atoms with Gasteiger partial charge in [0.25, 0.3) is 0 Å². The number of likely N-dealkylation sites (tertiary alicyclic amines) is 1. The van der Waals surface area contributed by atoms with Crippen molar-refractivity contribution in [2.24, 2.45) is 5.14 Å². The van der Waals surface area contributed by atoms with Crippen LogP contribution in [0.15, 0.2) is 17.0 Å². The lowest BCUT2D eigenvalue weighted by Crippen LogP contribution is -2.42. The van der Waals surface area contributed by atoms with Gasteiger partial charge in [-0.3, -0.25) is 0 Å². The van der Waals surface area contributed by atoms with Gasteiger partial charge in [0.15, 0.2) is 0 Å². The minimum absolute atomic E-state index is 0.186. The van der Waals surface area contributed by atoms with Crippen LogP contribution in [0.25, 0.3) is 0 Å². The molecule has 0 radical (unpaired) electrons. The smallest absolute Gasteiger partial charge is 0.399 e. The molecule has 156 valence electrons. The van der Waals surface area contributed by atoms with Gasteiger partial charge in [0.05, 0.1) is 16.1 Å². The van der Waals surface area contributed by atoms with Crippen LogP contribution in [0.4, 0.5) is 0 Å². The summed E-state index contributed by atoms with van der Waals surface area (Å²) in [6.07, 6.45) is 2.80. The third-order valence-electron chi connectivity index (χ3n) is 6.67. The van der Waals surface area contributed by atoms with Gasteiger partial charge in [0.1, 0.15) is 0 Å². The lowest BCUT2D eigenvalue weighted by Gasteiger charge is -2.32. The maximum atomic E-state index is 12.4. The van der Waals surface area contributed by atoms with E-state index in [4.69, 9.17) is 14.4 Å². The number of rotatable bonds is 5. The standard InChI is InChI=1S/C20H33BN2O4S/c1-7-23-12-8-9-15(23)13-16-17(28(22,24)25)11-10-14(2)18(16)21-26-19(3,4)20(5,6)27-21/h10-11,15H,7-9,12-13H2,1-6H3,(H2,22,24,25)/t15-/m1/s1. The molecule has 0 amide bonds. The van der Waals surface area contributed by atoms with E-state index in [9.17, 15) is 8.42 Å². The summed E-state index contributed by atoms with van der Waals surface area (Å²) in [4.78, 5) is 2.59. The first-order chi connectivity index (χ1) is 12.9. The molecule has 2 aliphatic rings. The molecule has 8 heteroatoms. The van der Waals surface area contributed by atoms with Crippen LogP contribution in [0.5, 0.6) is 0 Å². The topological polar surface area (TPSA) is 81.9 Å². The Hall–Kier alpha value is -0.925. The van der Waals surface area contributed by atoms with Gasteiger partial charge in [-0.15, -0.1) is 0 Å². The van der Waals surface area contributed by atoms with Gasteiger partial charge < -0.3 is 14.2 Å². The van der Waals surface area contributed by atoms with Gasteiger partial charge in [-0.05, 0) is 84.1 Å². The number of nitrogens with two attached hydrogens (primary N) is 1. The average Bonchev–Trinajstić information content (AvgIpc) is 3.07. The fraction of sp³-hybridized carbons (Fsp3) is 0.700. The molecule has 0 aliphatic carbocycles. The minimum atomic E-state index is -3.86. The van der Waals surface area contributed by atoms with Crippen molar-refractivity contribution in [3.05, 3.63) is 23.3 Å². The zero-order valence-corrected chi connectivity index (χ0v) is 18.7. The van der Waals surface area contributed by atoms with E-state index in [1.807, 2.05) is 34.6 Å². The van der Waals surface area contributed by atoms with Crippen molar-refractivity contribution in [1.29, 1.82) is 0 Å². The Bertz CT molecular complexity index is 838. The second-order valence-corrected chi connectivity index (χ2v) is 10.6. The minimum Gasteiger partial charge on any atom is -0.399 e. The summed E-state index contributed by atoms with van der Waals surface area (Å²) in [6.45, 7) is 14.1. The summed E-state index contributed by atoms with van der Waals surface area (Å²) in [5.74, 6) is 0. The van der Waals surface area contributed by atoms with Crippen LogP contribution in [0.3, 0.4) is 0 Å². The van der Waals surface area contributed by atoms with E-state index < -0.39 is 28.3 Å². The van der Waals surface area contributed by atoms with Crippen LogP contribution in [0, 0.1) is 6.92 Å². The highest BCUT2D eigenvalue weighted by Crippen LogP contribution is 2.37. The summed E-state index contributed by atoms with van der Waals surface area (Å²) < 4.78 is 37.4. The van der Waals surface area contributed by atoms with Crippen molar-refractivity contribution in [3.63, 3.8) is 0 Å². The lowest BCUT2D eigenvalue weighted by molar-refractivity contribution is 0.00578. The van der Waals surface area contributed by atoms with Gasteiger partial charge >= 0.3 is 7.12 Å². The largest absolute Gasteiger partial charge is 0.495 e. The van der Waals surface area contributed by atoms with Crippen molar-refractivity contribution < 1.29 is 17.7 Å². The number of hydrogen-bond donors (Lipinski definition) is 1. The fourth-order valence-electron chi connectivity index (χ4n) is 4.31. The number of likely N-dealkylation sites (N-methyl/N-ethyl adjacent to an activating group) is 1. The van der Waals surface area contributed by atoms with Crippen molar-refractivity contribution in [2.75, 3.05) is 13.1 Å². The van der Waals surface area contributed by atoms with Crippen LogP contribution in [0.1, 0.15) is 58.6 Å². The summed E-state index contributed by atoms with van der Waals surface area (Å²) >= 11 is 0. The summed E-state index contributed by atoms with van der Waals surface area (Å²) in [7, 11) is -4.47. The van der Waals surface area contributed by atoms with E-state index in [1.54, 1.807) is 12.1 Å². The lowest BCUT2D eigenvalue weighted by atomic mass is 9.72. The van der Waals surface area contributed by atoms with E-state index in [2.05, 4.69) is 11.8 Å². The molecule has 0 unspecified atom stereocenters. The predicted molar refractivity (Wildman–Crippen MR) is 112 cm³/mol. The van der Waals surface area contributed by atoms with Gasteiger partial charge in [0.2, 0.25) is 10.0 Å². The first-order valence-electron chi connectivity index (χ1n) is 10.1. The summed E-state index contributed by atoms with van der Waals surface area (Å²) in [5.41, 5.74) is 1.52. The van der Waals surface area contributed by atoms with Crippen LogP contribution in [-0.2, 0) is 25.8 Å². The molecule has 2 heterocycles. The van der Waals surface area contributed by atoms with Gasteiger partial charge in [-0.25, -0.2) is 13.6 Å². The van der Waals surface area contributed by atoms with Gasteiger partial charge in [-0.2, -0.15) is 0 Å². The first kappa shape index (κ1) is 21.8. The molecular weight excluding hydrogens is 375 g/mol. The highest BCUT2D eigenvalue weighted by molar-refractivity contribution is 7.89. The molecule has 2 fully saturated rings. The second-order valence-electron chi connectivity index (χ2n) is 9.03. The fourth-order valence-corrected chi connectivity index (χ4v) is 5.10. The third kappa shape index (κ3) is 3.90. The Morgan fingerprint density at radius 3 is 2.36 bits per heavy atom. The monoisotopic (exact) mass is 408 g/mol. The van der Waals surface area contributed by atoms with Gasteiger partial charge in [0, 0.05) is 6.04 Å². The highest BCUT2D eigenvalue weighted by Gasteiger charge is 2.53. The summed E-state index contributed by atoms with van der Waals surface area (Å²) in [6, 6.07) is 3.73. The molecule has 0 bridgehead atoms. The van der Waals surface area contributed by atoms with E-state index >= 15 is 0 Å². The highest BCUT2D eigenvalue weighted by atomic mass is 32.2. The maximum absolute atomic E-state index is 12.4. The van der Waals surface area contributed by atoms with Crippen molar-refractivity contribution >= 4 is 22.6 Å². The van der Waals surface area contributed by atoms with E-state index in [0.29, 0.717) is 12.5 Å². The molecule has 1 aromatic rings. The maximum Gasteiger partial charge on any atom is 0.495 e. The summed E-state index contributed by atoms with van der Waals surface area (Å²) in [5, 5.41) is 5.60. The van der Waals surface area contributed by atoms with Crippen LogP contribution >= 0.6 is 0 Å². The van der Waals surface area contributed by atoms with Crippen LogP contribution in [0.2, 0.25) is 0 Å². The normalized spacial score (nSPS) is 24.8. The Morgan fingerprint density at radius 1 is 1.21 bits per heavy atom. The van der Waals surface area contributed by atoms with E-state index in [1.165, 1.54) is 0 Å².